The number of anilines is 1. The van der Waals surface area contributed by atoms with Crippen molar-refractivity contribution < 1.29 is 14.3 Å². The summed E-state index contributed by atoms with van der Waals surface area (Å²) in [5.74, 6) is 0.492. The Morgan fingerprint density at radius 2 is 1.94 bits per heavy atom. The number of amides is 1. The molecule has 5 rings (SSSR count). The van der Waals surface area contributed by atoms with Crippen LogP contribution in [0.5, 0.6) is 5.75 Å². The van der Waals surface area contributed by atoms with E-state index in [0.29, 0.717) is 24.2 Å². The van der Waals surface area contributed by atoms with E-state index in [4.69, 9.17) is 4.74 Å². The van der Waals surface area contributed by atoms with Crippen LogP contribution in [-0.2, 0) is 22.4 Å². The molecule has 0 spiro atoms. The second-order valence-corrected chi connectivity index (χ2v) is 11.5. The van der Waals surface area contributed by atoms with Gasteiger partial charge in [0.2, 0.25) is 5.91 Å². The van der Waals surface area contributed by atoms with Crippen molar-refractivity contribution in [2.75, 3.05) is 12.0 Å². The van der Waals surface area contributed by atoms with Gasteiger partial charge < -0.3 is 4.74 Å². The number of rotatable bonds is 3. The number of carbonyl (C=O) groups excluding carboxylic acids is 2. The Labute approximate surface area is 205 Å². The predicted molar refractivity (Wildman–Crippen MR) is 133 cm³/mol. The SMILES string of the molecule is COc1cccc([C@@H]2CC(=O)N(c3sc4c(c3C#N)CCCCC4)C3=C2C(=O)CC(C)(C)C3)c1. The molecule has 34 heavy (non-hydrogen) atoms. The third-order valence-corrected chi connectivity index (χ3v) is 8.63. The zero-order valence-corrected chi connectivity index (χ0v) is 20.9. The van der Waals surface area contributed by atoms with Crippen LogP contribution in [0.3, 0.4) is 0 Å². The van der Waals surface area contributed by atoms with E-state index in [0.717, 1.165) is 53.1 Å². The minimum atomic E-state index is -0.291. The third kappa shape index (κ3) is 3.86. The lowest BCUT2D eigenvalue weighted by molar-refractivity contribution is -0.120. The number of carbonyl (C=O) groups is 2. The molecule has 0 fully saturated rings. The highest BCUT2D eigenvalue weighted by Gasteiger charge is 2.45. The predicted octanol–water partition coefficient (Wildman–Crippen LogP) is 6.06. The summed E-state index contributed by atoms with van der Waals surface area (Å²) in [7, 11) is 1.62. The summed E-state index contributed by atoms with van der Waals surface area (Å²) in [6.07, 6.45) is 6.51. The number of hydrogen-bond acceptors (Lipinski definition) is 5. The van der Waals surface area contributed by atoms with Gasteiger partial charge in [-0.3, -0.25) is 14.5 Å². The highest BCUT2D eigenvalue weighted by Crippen LogP contribution is 2.51. The molecule has 6 heteroatoms. The molecule has 1 atom stereocenters. The second kappa shape index (κ2) is 8.70. The number of methoxy groups -OCH3 is 1. The van der Waals surface area contributed by atoms with E-state index < -0.39 is 0 Å². The van der Waals surface area contributed by atoms with Gasteiger partial charge in [-0.05, 0) is 60.8 Å². The molecule has 5 nitrogen and oxygen atoms in total. The summed E-state index contributed by atoms with van der Waals surface area (Å²) in [5.41, 5.74) is 3.96. The number of ketones is 1. The number of fused-ring (bicyclic) bond motifs is 1. The molecule has 0 saturated carbocycles. The molecule has 0 saturated heterocycles. The number of benzene rings is 1. The molecule has 0 unspecified atom stereocenters. The van der Waals surface area contributed by atoms with Crippen LogP contribution in [0.4, 0.5) is 5.00 Å². The van der Waals surface area contributed by atoms with Crippen LogP contribution in [0.25, 0.3) is 0 Å². The molecule has 1 amide bonds. The lowest BCUT2D eigenvalue weighted by atomic mass is 9.69. The highest BCUT2D eigenvalue weighted by molar-refractivity contribution is 7.16. The van der Waals surface area contributed by atoms with Gasteiger partial charge in [-0.25, -0.2) is 0 Å². The van der Waals surface area contributed by atoms with Gasteiger partial charge in [0.25, 0.3) is 0 Å². The third-order valence-electron chi connectivity index (χ3n) is 7.36. The first-order chi connectivity index (χ1) is 16.3. The van der Waals surface area contributed by atoms with E-state index in [9.17, 15) is 14.9 Å². The minimum Gasteiger partial charge on any atom is -0.497 e. The topological polar surface area (TPSA) is 70.4 Å². The molecule has 2 aliphatic carbocycles. The van der Waals surface area contributed by atoms with E-state index >= 15 is 0 Å². The van der Waals surface area contributed by atoms with Gasteiger partial charge in [-0.2, -0.15) is 5.26 Å². The van der Waals surface area contributed by atoms with Crippen LogP contribution < -0.4 is 9.64 Å². The molecule has 1 aliphatic heterocycles. The molecule has 2 heterocycles. The maximum Gasteiger partial charge on any atom is 0.232 e. The van der Waals surface area contributed by atoms with Crippen LogP contribution in [0.1, 0.15) is 79.9 Å². The number of nitrogens with zero attached hydrogens (tertiary/aromatic N) is 2. The lowest BCUT2D eigenvalue weighted by Gasteiger charge is -2.42. The first kappa shape index (κ1) is 22.9. The maximum absolute atomic E-state index is 13.8. The molecular formula is C28H30N2O3S. The Kier molecular flexibility index (Phi) is 5.85. The molecule has 2 aromatic rings. The van der Waals surface area contributed by atoms with Gasteiger partial charge in [0, 0.05) is 34.9 Å². The second-order valence-electron chi connectivity index (χ2n) is 10.4. The molecule has 3 aliphatic rings. The summed E-state index contributed by atoms with van der Waals surface area (Å²) in [4.78, 5) is 30.4. The molecule has 1 aromatic heterocycles. The van der Waals surface area contributed by atoms with Crippen molar-refractivity contribution in [3.05, 3.63) is 57.1 Å². The maximum atomic E-state index is 13.8. The monoisotopic (exact) mass is 474 g/mol. The quantitative estimate of drug-likeness (QED) is 0.507. The summed E-state index contributed by atoms with van der Waals surface area (Å²) < 4.78 is 5.42. The first-order valence-electron chi connectivity index (χ1n) is 12.1. The van der Waals surface area contributed by atoms with Gasteiger partial charge >= 0.3 is 0 Å². The number of hydrogen-bond donors (Lipinski definition) is 0. The molecular weight excluding hydrogens is 444 g/mol. The molecule has 176 valence electrons. The van der Waals surface area contributed by atoms with Gasteiger partial charge in [-0.15, -0.1) is 11.3 Å². The zero-order valence-electron chi connectivity index (χ0n) is 20.1. The first-order valence-corrected chi connectivity index (χ1v) is 12.9. The smallest absolute Gasteiger partial charge is 0.232 e. The lowest BCUT2D eigenvalue weighted by Crippen LogP contribution is -2.43. The molecule has 0 N–H and O–H groups in total. The average molecular weight is 475 g/mol. The average Bonchev–Trinajstić information content (AvgIpc) is 2.97. The van der Waals surface area contributed by atoms with E-state index in [1.54, 1.807) is 23.3 Å². The summed E-state index contributed by atoms with van der Waals surface area (Å²) >= 11 is 1.59. The summed E-state index contributed by atoms with van der Waals surface area (Å²) in [6.45, 7) is 4.17. The van der Waals surface area contributed by atoms with Crippen LogP contribution in [0, 0.1) is 16.7 Å². The fourth-order valence-corrected chi connectivity index (χ4v) is 7.18. The standard InChI is InChI=1S/C28H30N2O3S/c1-28(2)14-22-26(23(31)15-28)20(17-8-7-9-18(12-17)33-3)13-25(32)30(22)27-21(16-29)19-10-5-4-6-11-24(19)34-27/h7-9,12,20H,4-6,10-11,13-15H2,1-3H3/t20-/m0/s1. The molecule has 0 radical (unpaired) electrons. The summed E-state index contributed by atoms with van der Waals surface area (Å²) in [6, 6.07) is 10.1. The van der Waals surface area contributed by atoms with Gasteiger partial charge in [-0.1, -0.05) is 32.4 Å². The highest BCUT2D eigenvalue weighted by atomic mass is 32.1. The van der Waals surface area contributed by atoms with Crippen molar-refractivity contribution in [1.82, 2.24) is 0 Å². The summed E-state index contributed by atoms with van der Waals surface area (Å²) in [5, 5.41) is 10.9. The fourth-order valence-electron chi connectivity index (χ4n) is 5.79. The minimum absolute atomic E-state index is 0.0371. The fraction of sp³-hybridized carbons (Fsp3) is 0.464. The number of thiophene rings is 1. The van der Waals surface area contributed by atoms with Gasteiger partial charge in [0.05, 0.1) is 12.7 Å². The van der Waals surface area contributed by atoms with E-state index in [2.05, 4.69) is 19.9 Å². The largest absolute Gasteiger partial charge is 0.497 e. The van der Waals surface area contributed by atoms with Crippen molar-refractivity contribution in [2.45, 2.75) is 71.1 Å². The Bertz CT molecular complexity index is 1250. The Morgan fingerprint density at radius 3 is 2.71 bits per heavy atom. The van der Waals surface area contributed by atoms with Gasteiger partial charge in [0.15, 0.2) is 5.78 Å². The normalized spacial score (nSPS) is 22.1. The van der Waals surface area contributed by atoms with Crippen molar-refractivity contribution in [1.29, 1.82) is 5.26 Å². The number of Topliss-reactive ketones (excluding diaryl/α,β-unsaturated/α-hetero) is 1. The van der Waals surface area contributed by atoms with Crippen LogP contribution in [-0.4, -0.2) is 18.8 Å². The van der Waals surface area contributed by atoms with Crippen LogP contribution in [0.2, 0.25) is 0 Å². The van der Waals surface area contributed by atoms with Gasteiger partial charge in [0.1, 0.15) is 16.8 Å². The van der Waals surface area contributed by atoms with Crippen molar-refractivity contribution in [3.8, 4) is 11.8 Å². The van der Waals surface area contributed by atoms with Crippen LogP contribution in [0.15, 0.2) is 35.5 Å². The molecule has 1 aromatic carbocycles. The van der Waals surface area contributed by atoms with Crippen molar-refractivity contribution in [3.63, 3.8) is 0 Å². The van der Waals surface area contributed by atoms with E-state index in [1.807, 2.05) is 24.3 Å². The van der Waals surface area contributed by atoms with Crippen molar-refractivity contribution in [2.24, 2.45) is 5.41 Å². The number of ether oxygens (including phenoxy) is 1. The Morgan fingerprint density at radius 1 is 1.15 bits per heavy atom. The Hall–Kier alpha value is -2.91. The van der Waals surface area contributed by atoms with E-state index in [-0.39, 0.29) is 29.4 Å². The Balaban J connectivity index is 1.69. The van der Waals surface area contributed by atoms with E-state index in [1.165, 1.54) is 11.3 Å². The molecule has 0 bridgehead atoms. The number of aryl methyl sites for hydroxylation is 1. The zero-order chi connectivity index (χ0) is 24.0. The van der Waals surface area contributed by atoms with Crippen molar-refractivity contribution >= 4 is 28.0 Å². The van der Waals surface area contributed by atoms with Crippen LogP contribution >= 0.6 is 11.3 Å². The number of allylic oxidation sites excluding steroid dienone is 2. The number of nitriles is 1.